The molecule has 0 fully saturated rings. The van der Waals surface area contributed by atoms with Crippen molar-refractivity contribution < 1.29 is 19.1 Å². The van der Waals surface area contributed by atoms with Crippen molar-refractivity contribution in [3.05, 3.63) is 65.2 Å². The number of amides is 3. The average Bonchev–Trinajstić information content (AvgIpc) is 2.70. The lowest BCUT2D eigenvalue weighted by Gasteiger charge is -2.07. The summed E-state index contributed by atoms with van der Waals surface area (Å²) in [5, 5.41) is 7.39. The Morgan fingerprint density at radius 3 is 2.33 bits per heavy atom. The number of nitrogens with one attached hydrogen (secondary N) is 3. The quantitative estimate of drug-likeness (QED) is 0.567. The van der Waals surface area contributed by atoms with E-state index in [1.54, 1.807) is 42.5 Å². The molecule has 0 atom stereocenters. The van der Waals surface area contributed by atoms with Crippen LogP contribution in [0.4, 0.5) is 10.5 Å². The minimum absolute atomic E-state index is 0.0501. The molecule has 2 rings (SSSR count). The lowest BCUT2D eigenvalue weighted by atomic mass is 10.1. The second kappa shape index (κ2) is 9.63. The Bertz CT molecular complexity index is 913. The minimum atomic E-state index is -0.560. The van der Waals surface area contributed by atoms with Crippen LogP contribution < -0.4 is 16.0 Å². The van der Waals surface area contributed by atoms with Gasteiger partial charge in [-0.25, -0.2) is 9.59 Å². The van der Waals surface area contributed by atoms with E-state index in [2.05, 4.69) is 27.8 Å². The molecule has 0 aliphatic heterocycles. The van der Waals surface area contributed by atoms with Gasteiger partial charge in [0.15, 0.2) is 0 Å². The molecular formula is C20H19N3O4. The molecule has 0 aliphatic rings. The van der Waals surface area contributed by atoms with Crippen LogP contribution in [-0.4, -0.2) is 38.6 Å². The fraction of sp³-hybridized carbons (Fsp3) is 0.150. The molecule has 2 aromatic carbocycles. The number of hydrogen-bond acceptors (Lipinski definition) is 5. The average molecular weight is 365 g/mol. The highest BCUT2D eigenvalue weighted by molar-refractivity contribution is 5.96. The Labute approximate surface area is 157 Å². The highest BCUT2D eigenvalue weighted by Gasteiger charge is 2.06. The van der Waals surface area contributed by atoms with Gasteiger partial charge in [-0.1, -0.05) is 24.0 Å². The van der Waals surface area contributed by atoms with Crippen molar-refractivity contribution in [3.63, 3.8) is 0 Å². The zero-order chi connectivity index (χ0) is 19.6. The van der Waals surface area contributed by atoms with E-state index in [-0.39, 0.29) is 6.54 Å². The van der Waals surface area contributed by atoms with Gasteiger partial charge in [0.2, 0.25) is 5.91 Å². The molecule has 0 saturated carbocycles. The predicted octanol–water partition coefficient (Wildman–Crippen LogP) is 1.74. The van der Waals surface area contributed by atoms with Crippen molar-refractivity contribution >= 4 is 23.6 Å². The smallest absolute Gasteiger partial charge is 0.337 e. The van der Waals surface area contributed by atoms with Crippen LogP contribution in [0.3, 0.4) is 0 Å². The van der Waals surface area contributed by atoms with Gasteiger partial charge in [-0.3, -0.25) is 10.1 Å². The zero-order valence-electron chi connectivity index (χ0n) is 15.0. The van der Waals surface area contributed by atoms with Crippen LogP contribution >= 0.6 is 0 Å². The van der Waals surface area contributed by atoms with Gasteiger partial charge >= 0.3 is 12.0 Å². The van der Waals surface area contributed by atoms with Gasteiger partial charge in [0.25, 0.3) is 0 Å². The van der Waals surface area contributed by atoms with Crippen molar-refractivity contribution in [2.24, 2.45) is 0 Å². The molecule has 2 aromatic rings. The van der Waals surface area contributed by atoms with E-state index in [1.165, 1.54) is 14.2 Å². The molecule has 7 nitrogen and oxygen atoms in total. The second-order valence-corrected chi connectivity index (χ2v) is 5.38. The first-order chi connectivity index (χ1) is 13.0. The number of anilines is 1. The summed E-state index contributed by atoms with van der Waals surface area (Å²) >= 11 is 0. The third kappa shape index (κ3) is 6.21. The van der Waals surface area contributed by atoms with Crippen LogP contribution in [0.15, 0.2) is 48.5 Å². The standard InChI is InChI=1S/C20H19N3O4/c1-21-20(26)23-18(24)13-22-17-8-4-6-15(12-17)10-9-14-5-3-7-16(11-14)19(25)27-2/h3-8,11-12,22H,13H2,1-2H3,(H2,21,23,24,26). The summed E-state index contributed by atoms with van der Waals surface area (Å²) in [5.74, 6) is 5.13. The number of urea groups is 1. The lowest BCUT2D eigenvalue weighted by molar-refractivity contribution is -0.118. The number of carbonyl (C=O) groups excluding carboxylic acids is 3. The van der Waals surface area contributed by atoms with Crippen LogP contribution in [0.2, 0.25) is 0 Å². The SMILES string of the molecule is CNC(=O)NC(=O)CNc1cccc(C#Cc2cccc(C(=O)OC)c2)c1. The fourth-order valence-corrected chi connectivity index (χ4v) is 2.11. The summed E-state index contributed by atoms with van der Waals surface area (Å²) in [7, 11) is 2.76. The Morgan fingerprint density at radius 2 is 1.67 bits per heavy atom. The van der Waals surface area contributed by atoms with E-state index >= 15 is 0 Å². The molecule has 0 unspecified atom stereocenters. The Balaban J connectivity index is 2.04. The first kappa shape index (κ1) is 19.5. The molecule has 0 spiro atoms. The maximum Gasteiger partial charge on any atom is 0.337 e. The van der Waals surface area contributed by atoms with E-state index < -0.39 is 17.9 Å². The van der Waals surface area contributed by atoms with Crippen molar-refractivity contribution in [2.45, 2.75) is 0 Å². The number of rotatable bonds is 4. The maximum absolute atomic E-state index is 11.6. The van der Waals surface area contributed by atoms with Gasteiger partial charge in [-0.2, -0.15) is 0 Å². The summed E-state index contributed by atoms with van der Waals surface area (Å²) in [5.41, 5.74) is 2.54. The molecule has 138 valence electrons. The third-order valence-corrected chi connectivity index (χ3v) is 3.43. The summed E-state index contributed by atoms with van der Waals surface area (Å²) in [6.45, 7) is -0.0501. The normalized spacial score (nSPS) is 9.41. The fourth-order valence-electron chi connectivity index (χ4n) is 2.11. The van der Waals surface area contributed by atoms with E-state index in [0.717, 1.165) is 5.56 Å². The van der Waals surface area contributed by atoms with E-state index in [9.17, 15) is 14.4 Å². The van der Waals surface area contributed by atoms with E-state index in [0.29, 0.717) is 16.8 Å². The Kier molecular flexibility index (Phi) is 6.97. The topological polar surface area (TPSA) is 96.5 Å². The number of hydrogen-bond donors (Lipinski definition) is 3. The summed E-state index contributed by atoms with van der Waals surface area (Å²) in [4.78, 5) is 34.2. The molecule has 0 aliphatic carbocycles. The van der Waals surface area contributed by atoms with Crippen LogP contribution in [0.5, 0.6) is 0 Å². The van der Waals surface area contributed by atoms with Crippen LogP contribution in [-0.2, 0) is 9.53 Å². The molecular weight excluding hydrogens is 346 g/mol. The van der Waals surface area contributed by atoms with E-state index in [4.69, 9.17) is 4.74 Å². The van der Waals surface area contributed by atoms with Gasteiger partial charge in [0.05, 0.1) is 19.2 Å². The molecule has 3 amide bonds. The first-order valence-electron chi connectivity index (χ1n) is 8.07. The number of ether oxygens (including phenoxy) is 1. The minimum Gasteiger partial charge on any atom is -0.465 e. The number of carbonyl (C=O) groups is 3. The Morgan fingerprint density at radius 1 is 1.00 bits per heavy atom. The van der Waals surface area contributed by atoms with Gasteiger partial charge in [0, 0.05) is 23.9 Å². The predicted molar refractivity (Wildman–Crippen MR) is 101 cm³/mol. The number of imide groups is 1. The summed E-state index contributed by atoms with van der Waals surface area (Å²) in [6, 6.07) is 13.5. The van der Waals surface area contributed by atoms with Crippen molar-refractivity contribution in [1.82, 2.24) is 10.6 Å². The molecule has 0 radical (unpaired) electrons. The third-order valence-electron chi connectivity index (χ3n) is 3.43. The van der Waals surface area contributed by atoms with Crippen molar-refractivity contribution in [2.75, 3.05) is 26.0 Å². The summed E-state index contributed by atoms with van der Waals surface area (Å²) < 4.78 is 4.69. The van der Waals surface area contributed by atoms with Gasteiger partial charge in [0.1, 0.15) is 0 Å². The number of methoxy groups -OCH3 is 1. The van der Waals surface area contributed by atoms with Crippen molar-refractivity contribution in [1.29, 1.82) is 0 Å². The molecule has 27 heavy (non-hydrogen) atoms. The van der Waals surface area contributed by atoms with Crippen LogP contribution in [0, 0.1) is 11.8 Å². The van der Waals surface area contributed by atoms with Crippen LogP contribution in [0.1, 0.15) is 21.5 Å². The molecule has 0 saturated heterocycles. The monoisotopic (exact) mass is 365 g/mol. The number of benzene rings is 2. The van der Waals surface area contributed by atoms with Gasteiger partial charge in [-0.15, -0.1) is 0 Å². The van der Waals surface area contributed by atoms with Gasteiger partial charge in [-0.05, 0) is 36.4 Å². The lowest BCUT2D eigenvalue weighted by Crippen LogP contribution is -2.40. The van der Waals surface area contributed by atoms with Crippen molar-refractivity contribution in [3.8, 4) is 11.8 Å². The molecule has 7 heteroatoms. The molecule has 0 aromatic heterocycles. The van der Waals surface area contributed by atoms with Crippen LogP contribution in [0.25, 0.3) is 0 Å². The molecule has 0 bridgehead atoms. The molecule has 0 heterocycles. The summed E-state index contributed by atoms with van der Waals surface area (Å²) in [6.07, 6.45) is 0. The molecule has 3 N–H and O–H groups in total. The zero-order valence-corrected chi connectivity index (χ0v) is 15.0. The Hall–Kier alpha value is -3.79. The maximum atomic E-state index is 11.6. The highest BCUT2D eigenvalue weighted by Crippen LogP contribution is 2.10. The largest absolute Gasteiger partial charge is 0.465 e. The first-order valence-corrected chi connectivity index (χ1v) is 8.07. The van der Waals surface area contributed by atoms with E-state index in [1.807, 2.05) is 6.07 Å². The number of esters is 1. The highest BCUT2D eigenvalue weighted by atomic mass is 16.5. The van der Waals surface area contributed by atoms with Gasteiger partial charge < -0.3 is 15.4 Å². The second-order valence-electron chi connectivity index (χ2n) is 5.38.